The van der Waals surface area contributed by atoms with Crippen LogP contribution >= 0.6 is 0 Å². The molecule has 6 aliphatic heterocycles. The summed E-state index contributed by atoms with van der Waals surface area (Å²) in [7, 11) is 5.93. The topological polar surface area (TPSA) is 179 Å². The maximum atomic E-state index is 13.3. The van der Waals surface area contributed by atoms with E-state index in [1.54, 1.807) is 24.3 Å². The van der Waals surface area contributed by atoms with Crippen molar-refractivity contribution in [3.63, 3.8) is 0 Å². The molecule has 9 heterocycles. The van der Waals surface area contributed by atoms with Gasteiger partial charge in [0, 0.05) is 54.9 Å². The highest BCUT2D eigenvalue weighted by Crippen LogP contribution is 2.38. The lowest BCUT2D eigenvalue weighted by molar-refractivity contribution is -0.671. The number of nitrogens with zero attached hydrogens (tertiary/aromatic N) is 7. The van der Waals surface area contributed by atoms with Gasteiger partial charge in [-0.2, -0.15) is 0 Å². The van der Waals surface area contributed by atoms with Crippen molar-refractivity contribution in [2.24, 2.45) is 29.1 Å². The third-order valence-electron chi connectivity index (χ3n) is 11.9. The highest BCUT2D eigenvalue weighted by Gasteiger charge is 2.43. The smallest absolute Gasteiger partial charge is 0.338 e. The van der Waals surface area contributed by atoms with E-state index >= 15 is 0 Å². The molecule has 5 atom stereocenters. The fourth-order valence-electron chi connectivity index (χ4n) is 8.36. The summed E-state index contributed by atoms with van der Waals surface area (Å²) in [6.07, 6.45) is 20.1. The summed E-state index contributed by atoms with van der Waals surface area (Å²) < 4.78 is 14.6. The number of halogens is 1. The monoisotopic (exact) mass is 993 g/mol. The van der Waals surface area contributed by atoms with Crippen molar-refractivity contribution in [3.8, 4) is 0 Å². The molecule has 0 amide bonds. The largest absolute Gasteiger partial charge is 1.00 e. The molecule has 0 radical (unpaired) electrons. The first-order valence-electron chi connectivity index (χ1n) is 21.1. The molecule has 14 nitrogen and oxygen atoms in total. The number of aliphatic hydroxyl groups excluding tert-OH is 4. The van der Waals surface area contributed by atoms with E-state index < -0.39 is 43.3 Å². The van der Waals surface area contributed by atoms with Gasteiger partial charge in [-0.1, -0.05) is 24.3 Å². The summed E-state index contributed by atoms with van der Waals surface area (Å²) >= 11 is 0. The van der Waals surface area contributed by atoms with Crippen molar-refractivity contribution in [2.45, 2.75) is 30.7 Å². The molecule has 4 aromatic rings. The Hall–Kier alpha value is -6.73. The zero-order valence-electron chi connectivity index (χ0n) is 36.0. The summed E-state index contributed by atoms with van der Waals surface area (Å²) in [6, 6.07) is 19.1. The predicted octanol–water partition coefficient (Wildman–Crippen LogP) is 0.499. The van der Waals surface area contributed by atoms with Gasteiger partial charge in [-0.25, -0.2) is 28.9 Å². The molecule has 1 aromatic carbocycles. The van der Waals surface area contributed by atoms with Crippen LogP contribution in [0.15, 0.2) is 190 Å². The minimum atomic E-state index is -1.75. The summed E-state index contributed by atoms with van der Waals surface area (Å²) in [5.41, 5.74) is 12.8. The van der Waals surface area contributed by atoms with Crippen LogP contribution in [0.1, 0.15) is 38.4 Å². The van der Waals surface area contributed by atoms with Gasteiger partial charge in [-0.3, -0.25) is 0 Å². The molecular formula is C51H44IN7O7. The lowest BCUT2D eigenvalue weighted by Gasteiger charge is -2.37. The first-order valence-corrected chi connectivity index (χ1v) is 21.1. The molecular weight excluding hydrogens is 950 g/mol. The Morgan fingerprint density at radius 2 is 1.09 bits per heavy atom. The van der Waals surface area contributed by atoms with Gasteiger partial charge >= 0.3 is 5.97 Å². The van der Waals surface area contributed by atoms with Crippen LogP contribution in [-0.4, -0.2) is 92.8 Å². The van der Waals surface area contributed by atoms with Crippen molar-refractivity contribution in [2.75, 3.05) is 13.7 Å². The average molecular weight is 994 g/mol. The molecule has 1 unspecified atom stereocenters. The Bertz CT molecular complexity index is 3000. The molecule has 3 aromatic heterocycles. The van der Waals surface area contributed by atoms with Crippen LogP contribution < -0.4 is 38.1 Å². The zero-order valence-corrected chi connectivity index (χ0v) is 38.1. The summed E-state index contributed by atoms with van der Waals surface area (Å²) in [5, 5.41) is 40.2. The Kier molecular flexibility index (Phi) is 12.3. The number of ether oxygens (including phenoxy) is 2. The van der Waals surface area contributed by atoms with E-state index in [9.17, 15) is 25.2 Å². The standard InChI is InChI=1S/C51H44N7O7.HI/c1-56-22-16-30(17-23-56)44-36-10-8-34(52-36)43(29-4-6-33(7-5-29)50(62)64-28-42-47(59)48(60)49(61)51(63)65-42)35-9-11-37(53-35)45(31-18-24-57(2)25-19-31)39-13-15-41(55-39)46(40-14-12-38(44)54-40)32-20-26-58(3)27-21-32;/h4-27,42,47-49,51,59-61,63H,28H2,1-3H3;1H/q+1;/p-1/t42-,47+,48+,49+,51?;/m1./s1. The van der Waals surface area contributed by atoms with E-state index in [0.717, 1.165) is 61.8 Å². The molecule has 0 saturated carbocycles. The van der Waals surface area contributed by atoms with Crippen LogP contribution in [0, 0.1) is 0 Å². The number of aryl methyl sites for hydroxylation is 2. The molecule has 8 bridgehead atoms. The van der Waals surface area contributed by atoms with Crippen LogP contribution in [0.25, 0.3) is 16.7 Å². The summed E-state index contributed by atoms with van der Waals surface area (Å²) in [4.78, 5) is 36.6. The van der Waals surface area contributed by atoms with Gasteiger partial charge in [-0.05, 0) is 94.2 Å². The molecule has 10 rings (SSSR count). The predicted molar refractivity (Wildman–Crippen MR) is 242 cm³/mol. The quantitative estimate of drug-likeness (QED) is 0.122. The van der Waals surface area contributed by atoms with E-state index in [1.165, 1.54) is 0 Å². The molecule has 0 aliphatic carbocycles. The minimum Gasteiger partial charge on any atom is -1.00 e. The van der Waals surface area contributed by atoms with Gasteiger partial charge in [0.1, 0.15) is 45.1 Å². The van der Waals surface area contributed by atoms with Gasteiger partial charge in [0.15, 0.2) is 31.1 Å². The molecule has 6 aliphatic rings. The Morgan fingerprint density at radius 3 is 1.61 bits per heavy atom. The number of aliphatic imine (C=N–C) groups is 3. The van der Waals surface area contributed by atoms with Crippen molar-refractivity contribution in [3.05, 3.63) is 208 Å². The second-order valence-corrected chi connectivity index (χ2v) is 16.3. The van der Waals surface area contributed by atoms with Crippen LogP contribution in [0.4, 0.5) is 0 Å². The van der Waals surface area contributed by atoms with E-state index in [-0.39, 0.29) is 29.5 Å². The van der Waals surface area contributed by atoms with Gasteiger partial charge in [0.05, 0.1) is 39.8 Å². The summed E-state index contributed by atoms with van der Waals surface area (Å²) in [6.45, 7) is -0.471. The number of hydrogen-bond acceptors (Lipinski definition) is 11. The maximum Gasteiger partial charge on any atom is 0.338 e. The Labute approximate surface area is 397 Å². The molecule has 15 heteroatoms. The van der Waals surface area contributed by atoms with Crippen molar-refractivity contribution >= 4 is 39.8 Å². The molecule has 1 saturated heterocycles. The van der Waals surface area contributed by atoms with Gasteiger partial charge < -0.3 is 63.8 Å². The van der Waals surface area contributed by atoms with E-state index in [4.69, 9.17) is 29.4 Å². The first kappa shape index (κ1) is 44.5. The summed E-state index contributed by atoms with van der Waals surface area (Å²) in [5.74, 6) is -0.719. The highest BCUT2D eigenvalue weighted by atomic mass is 127. The van der Waals surface area contributed by atoms with Crippen LogP contribution in [-0.2, 0) is 23.6 Å². The minimum absolute atomic E-state index is 0. The first-order chi connectivity index (χ1) is 31.5. The van der Waals surface area contributed by atoms with E-state index in [2.05, 4.69) is 12.1 Å². The number of aliphatic hydroxyl groups is 4. The van der Waals surface area contributed by atoms with Gasteiger partial charge in [0.2, 0.25) is 0 Å². The number of aromatic nitrogens is 3. The van der Waals surface area contributed by atoms with Crippen molar-refractivity contribution in [1.82, 2.24) is 9.88 Å². The number of rotatable bonds is 6. The molecule has 66 heavy (non-hydrogen) atoms. The van der Waals surface area contributed by atoms with Gasteiger partial charge in [0.25, 0.3) is 0 Å². The number of esters is 1. The van der Waals surface area contributed by atoms with Crippen LogP contribution in [0.5, 0.6) is 0 Å². The number of carbonyl (C=O) groups is 1. The number of benzene rings is 1. The third kappa shape index (κ3) is 8.48. The third-order valence-corrected chi connectivity index (χ3v) is 11.9. The SMILES string of the molecule is CN1C=CC(=C2C3=NC(=C(c4ccc(C(=O)OC[C@H]5OC(O)[C@@H](O)[C@@H](O)[C@H]5O)cc4)C4=NC(=C(c5cc[n+](C)cc5)c5ccc([n-]5)C(c5cc[n+](C)cc5)=C5C=CC2=N5)C=C4)C=C3)C=C1.[I-]. The number of allylic oxidation sites excluding steroid dienone is 11. The lowest BCUT2D eigenvalue weighted by Crippen LogP contribution is -3.00. The second kappa shape index (κ2) is 18.3. The molecule has 332 valence electrons. The fraction of sp³-hybridized carbons (Fsp3) is 0.176. The zero-order chi connectivity index (χ0) is 44.9. The average Bonchev–Trinajstić information content (AvgIpc) is 4.17. The van der Waals surface area contributed by atoms with Crippen LogP contribution in [0.2, 0.25) is 0 Å². The van der Waals surface area contributed by atoms with Gasteiger partial charge in [-0.15, -0.1) is 11.4 Å². The number of pyridine rings is 2. The van der Waals surface area contributed by atoms with Crippen LogP contribution in [0.3, 0.4) is 0 Å². The fourth-order valence-corrected chi connectivity index (χ4v) is 8.36. The van der Waals surface area contributed by atoms with E-state index in [0.29, 0.717) is 28.4 Å². The second-order valence-electron chi connectivity index (χ2n) is 16.3. The molecule has 1 fully saturated rings. The Morgan fingerprint density at radius 1 is 0.621 bits per heavy atom. The van der Waals surface area contributed by atoms with E-state index in [1.807, 2.05) is 145 Å². The highest BCUT2D eigenvalue weighted by molar-refractivity contribution is 6.36. The number of hydrogen-bond donors (Lipinski definition) is 4. The molecule has 4 N–H and O–H groups in total. The molecule has 0 spiro atoms. The van der Waals surface area contributed by atoms with Crippen molar-refractivity contribution < 1.29 is 67.8 Å². The van der Waals surface area contributed by atoms with Crippen molar-refractivity contribution in [1.29, 1.82) is 0 Å². The Balaban J connectivity index is 0.00000548. The maximum absolute atomic E-state index is 13.3. The normalized spacial score (nSPS) is 23.2. The lowest BCUT2D eigenvalue weighted by atomic mass is 9.97. The number of fused-ring (bicyclic) bond motifs is 5. The number of carbonyl (C=O) groups excluding carboxylic acids is 1.